The third-order valence-corrected chi connectivity index (χ3v) is 3.70. The molecule has 0 aromatic heterocycles. The molecule has 2 unspecified atom stereocenters. The molecule has 6 heteroatoms. The number of ether oxygens (including phenoxy) is 4. The van der Waals surface area contributed by atoms with Gasteiger partial charge in [0.15, 0.2) is 29.1 Å². The average Bonchev–Trinajstić information content (AvgIpc) is 2.61. The van der Waals surface area contributed by atoms with E-state index in [0.29, 0.717) is 35.2 Å². The quantitative estimate of drug-likeness (QED) is 0.908. The first-order chi connectivity index (χ1) is 11.7. The number of carboxylic acids is 1. The van der Waals surface area contributed by atoms with E-state index < -0.39 is 18.2 Å². The van der Waals surface area contributed by atoms with Crippen LogP contribution < -0.4 is 18.9 Å². The first-order valence-corrected chi connectivity index (χ1v) is 7.60. The highest BCUT2D eigenvalue weighted by molar-refractivity contribution is 5.75. The maximum atomic E-state index is 11.7. The molecule has 0 aliphatic carbocycles. The van der Waals surface area contributed by atoms with E-state index in [-0.39, 0.29) is 0 Å². The molecule has 1 N–H and O–H groups in total. The highest BCUT2D eigenvalue weighted by atomic mass is 16.6. The maximum absolute atomic E-state index is 11.7. The SMILES string of the molecule is CCOc1c(OC)cccc1C1Oc2ccccc2OC1C(=O)O. The van der Waals surface area contributed by atoms with E-state index in [4.69, 9.17) is 18.9 Å². The molecule has 0 spiro atoms. The summed E-state index contributed by atoms with van der Waals surface area (Å²) in [7, 11) is 1.53. The van der Waals surface area contributed by atoms with Gasteiger partial charge < -0.3 is 24.1 Å². The number of hydrogen-bond acceptors (Lipinski definition) is 5. The molecule has 1 heterocycles. The summed E-state index contributed by atoms with van der Waals surface area (Å²) in [6.45, 7) is 2.26. The molecule has 0 fully saturated rings. The Kier molecular flexibility index (Phi) is 4.46. The highest BCUT2D eigenvalue weighted by Crippen LogP contribution is 2.44. The van der Waals surface area contributed by atoms with Gasteiger partial charge in [0.05, 0.1) is 13.7 Å². The fourth-order valence-corrected chi connectivity index (χ4v) is 2.66. The van der Waals surface area contributed by atoms with Crippen LogP contribution in [-0.2, 0) is 4.79 Å². The summed E-state index contributed by atoms with van der Waals surface area (Å²) in [5.41, 5.74) is 0.568. The molecule has 0 bridgehead atoms. The predicted molar refractivity (Wildman–Crippen MR) is 86.0 cm³/mol. The van der Waals surface area contributed by atoms with E-state index in [2.05, 4.69) is 0 Å². The third-order valence-electron chi connectivity index (χ3n) is 3.70. The summed E-state index contributed by atoms with van der Waals surface area (Å²) in [6, 6.07) is 12.2. The average molecular weight is 330 g/mol. The second-order valence-electron chi connectivity index (χ2n) is 5.17. The Hall–Kier alpha value is -2.89. The molecular weight excluding hydrogens is 312 g/mol. The van der Waals surface area contributed by atoms with Crippen LogP contribution in [0.15, 0.2) is 42.5 Å². The normalized spacial score (nSPS) is 18.8. The third kappa shape index (κ3) is 2.82. The lowest BCUT2D eigenvalue weighted by atomic mass is 10.0. The lowest BCUT2D eigenvalue weighted by Gasteiger charge is -2.32. The Morgan fingerprint density at radius 2 is 1.83 bits per heavy atom. The maximum Gasteiger partial charge on any atom is 0.349 e. The van der Waals surface area contributed by atoms with Crippen molar-refractivity contribution in [1.82, 2.24) is 0 Å². The Labute approximate surface area is 139 Å². The second kappa shape index (κ2) is 6.70. The van der Waals surface area contributed by atoms with Gasteiger partial charge in [-0.2, -0.15) is 0 Å². The number of carbonyl (C=O) groups is 1. The van der Waals surface area contributed by atoms with Gasteiger partial charge in [0.25, 0.3) is 0 Å². The minimum atomic E-state index is -1.19. The number of aliphatic carboxylic acids is 1. The standard InChI is InChI=1S/C18H18O6/c1-3-22-15-11(7-6-10-14(15)21-2)16-17(18(19)20)24-13-9-5-4-8-12(13)23-16/h4-10,16-17H,3H2,1-2H3,(H,19,20). The molecule has 0 amide bonds. The van der Waals surface area contributed by atoms with Gasteiger partial charge in [-0.15, -0.1) is 0 Å². The van der Waals surface area contributed by atoms with E-state index in [1.807, 2.05) is 6.92 Å². The van der Waals surface area contributed by atoms with Gasteiger partial charge in [0.1, 0.15) is 0 Å². The van der Waals surface area contributed by atoms with Crippen molar-refractivity contribution in [2.45, 2.75) is 19.1 Å². The van der Waals surface area contributed by atoms with Crippen LogP contribution in [0.4, 0.5) is 0 Å². The van der Waals surface area contributed by atoms with Crippen LogP contribution in [0.1, 0.15) is 18.6 Å². The zero-order valence-corrected chi connectivity index (χ0v) is 13.4. The van der Waals surface area contributed by atoms with Gasteiger partial charge in [-0.1, -0.05) is 24.3 Å². The molecule has 0 radical (unpaired) electrons. The number of carboxylic acid groups (broad SMARTS) is 1. The summed E-state index contributed by atoms with van der Waals surface area (Å²) >= 11 is 0. The number of methoxy groups -OCH3 is 1. The molecule has 1 aliphatic heterocycles. The molecule has 6 nitrogen and oxygen atoms in total. The molecule has 3 rings (SSSR count). The van der Waals surface area contributed by atoms with Gasteiger partial charge in [-0.25, -0.2) is 4.79 Å². The monoisotopic (exact) mass is 330 g/mol. The van der Waals surface area contributed by atoms with Crippen LogP contribution in [0.5, 0.6) is 23.0 Å². The van der Waals surface area contributed by atoms with Gasteiger partial charge in [0, 0.05) is 5.56 Å². The first kappa shape index (κ1) is 16.0. The molecule has 0 saturated carbocycles. The van der Waals surface area contributed by atoms with E-state index in [1.165, 1.54) is 7.11 Å². The lowest BCUT2D eigenvalue weighted by molar-refractivity contribution is -0.151. The zero-order chi connectivity index (χ0) is 17.1. The molecule has 2 aromatic carbocycles. The van der Waals surface area contributed by atoms with E-state index in [1.54, 1.807) is 42.5 Å². The summed E-state index contributed by atoms with van der Waals surface area (Å²) in [5.74, 6) is 0.759. The number of hydrogen-bond donors (Lipinski definition) is 1. The van der Waals surface area contributed by atoms with Gasteiger partial charge >= 0.3 is 5.97 Å². The van der Waals surface area contributed by atoms with Crippen molar-refractivity contribution in [2.75, 3.05) is 13.7 Å². The van der Waals surface area contributed by atoms with Crippen LogP contribution in [0.25, 0.3) is 0 Å². The van der Waals surface area contributed by atoms with Crippen molar-refractivity contribution in [1.29, 1.82) is 0 Å². The topological polar surface area (TPSA) is 74.2 Å². The van der Waals surface area contributed by atoms with Crippen molar-refractivity contribution in [2.24, 2.45) is 0 Å². The van der Waals surface area contributed by atoms with E-state index in [9.17, 15) is 9.90 Å². The Morgan fingerprint density at radius 1 is 1.12 bits per heavy atom. The smallest absolute Gasteiger partial charge is 0.349 e. The molecule has 1 aliphatic rings. The van der Waals surface area contributed by atoms with Crippen molar-refractivity contribution in [3.8, 4) is 23.0 Å². The number of para-hydroxylation sites is 3. The summed E-state index contributed by atoms with van der Waals surface area (Å²) < 4.78 is 22.6. The first-order valence-electron chi connectivity index (χ1n) is 7.60. The van der Waals surface area contributed by atoms with Crippen LogP contribution >= 0.6 is 0 Å². The van der Waals surface area contributed by atoms with Gasteiger partial charge in [-0.05, 0) is 25.1 Å². The van der Waals surface area contributed by atoms with Crippen molar-refractivity contribution in [3.05, 3.63) is 48.0 Å². The second-order valence-corrected chi connectivity index (χ2v) is 5.17. The molecule has 0 saturated heterocycles. The van der Waals surface area contributed by atoms with Crippen molar-refractivity contribution in [3.63, 3.8) is 0 Å². The van der Waals surface area contributed by atoms with Crippen LogP contribution in [0, 0.1) is 0 Å². The van der Waals surface area contributed by atoms with Crippen molar-refractivity contribution < 1.29 is 28.8 Å². The molecule has 2 aromatic rings. The van der Waals surface area contributed by atoms with Crippen molar-refractivity contribution >= 4 is 5.97 Å². The van der Waals surface area contributed by atoms with E-state index >= 15 is 0 Å². The van der Waals surface area contributed by atoms with Gasteiger partial charge in [0.2, 0.25) is 6.10 Å². The summed E-state index contributed by atoms with van der Waals surface area (Å²) in [4.78, 5) is 11.7. The Balaban J connectivity index is 2.08. The Morgan fingerprint density at radius 3 is 2.46 bits per heavy atom. The molecule has 126 valence electrons. The summed E-state index contributed by atoms with van der Waals surface area (Å²) in [6.07, 6.45) is -2.04. The van der Waals surface area contributed by atoms with E-state index in [0.717, 1.165) is 0 Å². The lowest BCUT2D eigenvalue weighted by Crippen LogP contribution is -2.39. The largest absolute Gasteiger partial charge is 0.493 e. The predicted octanol–water partition coefficient (Wildman–Crippen LogP) is 3.06. The molecule has 2 atom stereocenters. The highest BCUT2D eigenvalue weighted by Gasteiger charge is 2.40. The minimum Gasteiger partial charge on any atom is -0.493 e. The Bertz CT molecular complexity index is 742. The van der Waals surface area contributed by atoms with Crippen LogP contribution in [0.2, 0.25) is 0 Å². The van der Waals surface area contributed by atoms with Gasteiger partial charge in [-0.3, -0.25) is 0 Å². The molecular formula is C18H18O6. The minimum absolute atomic E-state index is 0.405. The number of rotatable bonds is 5. The number of fused-ring (bicyclic) bond motifs is 1. The van der Waals surface area contributed by atoms with Crippen LogP contribution in [-0.4, -0.2) is 30.9 Å². The van der Waals surface area contributed by atoms with Crippen LogP contribution in [0.3, 0.4) is 0 Å². The molecule has 24 heavy (non-hydrogen) atoms. The fraction of sp³-hybridized carbons (Fsp3) is 0.278. The zero-order valence-electron chi connectivity index (χ0n) is 13.4. The summed E-state index contributed by atoms with van der Waals surface area (Å²) in [5, 5.41) is 9.57. The number of benzene rings is 2. The fourth-order valence-electron chi connectivity index (χ4n) is 2.66.